The molecule has 0 aliphatic heterocycles. The minimum absolute atomic E-state index is 0.0267. The first-order chi connectivity index (χ1) is 12.2. The Balaban J connectivity index is 5.75. The summed E-state index contributed by atoms with van der Waals surface area (Å²) in [7, 11) is 1.18. The molecule has 0 rings (SSSR count). The lowest BCUT2D eigenvalue weighted by atomic mass is 9.81. The van der Waals surface area contributed by atoms with Gasteiger partial charge in [-0.15, -0.1) is 5.73 Å². The van der Waals surface area contributed by atoms with E-state index >= 15 is 0 Å². The predicted molar refractivity (Wildman–Crippen MR) is 94.0 cm³/mol. The van der Waals surface area contributed by atoms with Gasteiger partial charge in [0.2, 0.25) is 0 Å². The van der Waals surface area contributed by atoms with Crippen molar-refractivity contribution in [3.8, 4) is 11.8 Å². The van der Waals surface area contributed by atoms with Crippen LogP contribution in [0.15, 0.2) is 18.4 Å². The Morgan fingerprint density at radius 2 is 1.62 bits per heavy atom. The highest BCUT2D eigenvalue weighted by molar-refractivity contribution is 6.00. The van der Waals surface area contributed by atoms with Crippen molar-refractivity contribution in [2.24, 2.45) is 5.41 Å². The first-order valence-corrected chi connectivity index (χ1v) is 8.14. The summed E-state index contributed by atoms with van der Waals surface area (Å²) < 4.78 is 19.5. The quantitative estimate of drug-likeness (QED) is 0.215. The molecule has 0 aliphatic rings. The summed E-state index contributed by atoms with van der Waals surface area (Å²) in [5, 5.41) is 0. The fourth-order valence-corrected chi connectivity index (χ4v) is 1.93. The molecular formula is C19H26O7. The number of hydrogen-bond donors (Lipinski definition) is 0. The smallest absolute Gasteiger partial charge is 0.465 e. The van der Waals surface area contributed by atoms with Crippen LogP contribution in [0.4, 0.5) is 4.79 Å². The van der Waals surface area contributed by atoms with Crippen LogP contribution in [0.2, 0.25) is 0 Å². The van der Waals surface area contributed by atoms with Gasteiger partial charge in [0, 0.05) is 12.8 Å². The second-order valence-electron chi connectivity index (χ2n) is 5.68. The third-order valence-corrected chi connectivity index (χ3v) is 3.21. The molecule has 0 atom stereocenters. The molecule has 0 unspecified atom stereocenters. The van der Waals surface area contributed by atoms with Gasteiger partial charge in [-0.3, -0.25) is 9.59 Å². The Morgan fingerprint density at radius 3 is 2.04 bits per heavy atom. The molecule has 0 aromatic rings. The number of carbonyl (C=O) groups is 3. The number of carbonyl (C=O) groups excluding carboxylic acids is 3. The van der Waals surface area contributed by atoms with Gasteiger partial charge in [-0.05, 0) is 33.8 Å². The molecule has 0 saturated heterocycles. The van der Waals surface area contributed by atoms with Gasteiger partial charge < -0.3 is 18.9 Å². The van der Waals surface area contributed by atoms with Gasteiger partial charge in [0.25, 0.3) is 0 Å². The highest BCUT2D eigenvalue weighted by Crippen LogP contribution is 2.31. The molecule has 7 heteroatoms. The Kier molecular flexibility index (Phi) is 9.86. The summed E-state index contributed by atoms with van der Waals surface area (Å²) >= 11 is 0. The van der Waals surface area contributed by atoms with Crippen LogP contribution in [0.3, 0.4) is 0 Å². The fraction of sp³-hybridized carbons (Fsp3) is 0.579. The largest absolute Gasteiger partial charge is 0.509 e. The van der Waals surface area contributed by atoms with Crippen molar-refractivity contribution in [2.75, 3.05) is 20.3 Å². The van der Waals surface area contributed by atoms with Gasteiger partial charge >= 0.3 is 18.1 Å². The maximum absolute atomic E-state index is 12.5. The second kappa shape index (κ2) is 11.0. The van der Waals surface area contributed by atoms with Crippen LogP contribution in [-0.2, 0) is 28.5 Å². The van der Waals surface area contributed by atoms with Crippen molar-refractivity contribution >= 4 is 18.1 Å². The summed E-state index contributed by atoms with van der Waals surface area (Å²) in [4.78, 5) is 36.2. The van der Waals surface area contributed by atoms with Crippen molar-refractivity contribution in [1.82, 2.24) is 0 Å². The van der Waals surface area contributed by atoms with Gasteiger partial charge in [0.1, 0.15) is 0 Å². The summed E-state index contributed by atoms with van der Waals surface area (Å²) in [6.45, 7) is 10.0. The molecule has 0 aliphatic carbocycles. The Hall–Kier alpha value is -2.71. The zero-order valence-electron chi connectivity index (χ0n) is 16.0. The molecule has 144 valence electrons. The molecule has 0 heterocycles. The van der Waals surface area contributed by atoms with Gasteiger partial charge in [0.05, 0.1) is 20.3 Å². The third kappa shape index (κ3) is 7.04. The van der Waals surface area contributed by atoms with Crippen molar-refractivity contribution < 1.29 is 33.3 Å². The monoisotopic (exact) mass is 366 g/mol. The molecule has 0 fully saturated rings. The van der Waals surface area contributed by atoms with Gasteiger partial charge in [-0.2, -0.15) is 0 Å². The predicted octanol–water partition coefficient (Wildman–Crippen LogP) is 2.79. The van der Waals surface area contributed by atoms with Crippen LogP contribution < -0.4 is 0 Å². The van der Waals surface area contributed by atoms with Crippen LogP contribution in [0.25, 0.3) is 0 Å². The zero-order valence-corrected chi connectivity index (χ0v) is 16.0. The van der Waals surface area contributed by atoms with E-state index in [0.717, 1.165) is 0 Å². The molecule has 0 N–H and O–H groups in total. The summed E-state index contributed by atoms with van der Waals surface area (Å²) in [6.07, 6.45) is 0.352. The van der Waals surface area contributed by atoms with E-state index in [2.05, 4.69) is 28.9 Å². The van der Waals surface area contributed by atoms with E-state index in [1.807, 2.05) is 0 Å². The van der Waals surface area contributed by atoms with Crippen LogP contribution in [0.5, 0.6) is 0 Å². The molecule has 0 radical (unpaired) electrons. The normalized spacial score (nSPS) is 10.5. The van der Waals surface area contributed by atoms with Gasteiger partial charge in [-0.25, -0.2) is 4.79 Å². The molecule has 7 nitrogen and oxygen atoms in total. The van der Waals surface area contributed by atoms with E-state index in [0.29, 0.717) is 0 Å². The van der Waals surface area contributed by atoms with Crippen LogP contribution in [-0.4, -0.2) is 44.0 Å². The highest BCUT2D eigenvalue weighted by atomic mass is 16.7. The average Bonchev–Trinajstić information content (AvgIpc) is 2.57. The molecule has 0 amide bonds. The topological polar surface area (TPSA) is 88.1 Å². The number of rotatable bonds is 8. The molecule has 0 aromatic heterocycles. The lowest BCUT2D eigenvalue weighted by molar-refractivity contribution is -0.171. The Bertz CT molecular complexity index is 598. The van der Waals surface area contributed by atoms with Crippen LogP contribution >= 0.6 is 0 Å². The number of ether oxygens (including phenoxy) is 4. The SMILES string of the molecule is C=C=CCC(CC#CC(C)(C)OC(=O)OC)(C(=O)OCC)C(=O)OCC. The Labute approximate surface area is 154 Å². The van der Waals surface area contributed by atoms with Crippen molar-refractivity contribution in [2.45, 2.75) is 46.1 Å². The third-order valence-electron chi connectivity index (χ3n) is 3.21. The van der Waals surface area contributed by atoms with Crippen LogP contribution in [0, 0.1) is 17.3 Å². The number of esters is 2. The summed E-state index contributed by atoms with van der Waals surface area (Å²) in [5.74, 6) is 3.95. The van der Waals surface area contributed by atoms with E-state index < -0.39 is 29.1 Å². The first-order valence-electron chi connectivity index (χ1n) is 8.14. The minimum Gasteiger partial charge on any atom is -0.465 e. The van der Waals surface area contributed by atoms with Crippen molar-refractivity contribution in [3.63, 3.8) is 0 Å². The lowest BCUT2D eigenvalue weighted by Gasteiger charge is -2.26. The van der Waals surface area contributed by atoms with E-state index in [-0.39, 0.29) is 26.1 Å². The summed E-state index contributed by atoms with van der Waals surface area (Å²) in [5.41, 5.74) is -0.285. The maximum Gasteiger partial charge on any atom is 0.509 e. The number of methoxy groups -OCH3 is 1. The Morgan fingerprint density at radius 1 is 1.08 bits per heavy atom. The van der Waals surface area contributed by atoms with Crippen molar-refractivity contribution in [3.05, 3.63) is 18.4 Å². The highest BCUT2D eigenvalue weighted by Gasteiger charge is 2.47. The van der Waals surface area contributed by atoms with E-state index in [4.69, 9.17) is 14.2 Å². The van der Waals surface area contributed by atoms with E-state index in [9.17, 15) is 14.4 Å². The molecule has 0 spiro atoms. The lowest BCUT2D eigenvalue weighted by Crippen LogP contribution is -2.41. The summed E-state index contributed by atoms with van der Waals surface area (Å²) in [6, 6.07) is 0. The minimum atomic E-state index is -1.65. The standard InChI is InChI=1S/C19H26O7/c1-7-10-13-19(15(20)24-8-2,16(21)25-9-3)14-11-12-18(4,5)26-17(22)23-6/h10H,1,8-9,13-14H2,2-6H3. The van der Waals surface area contributed by atoms with Crippen LogP contribution in [0.1, 0.15) is 40.5 Å². The zero-order chi connectivity index (χ0) is 20.2. The second-order valence-corrected chi connectivity index (χ2v) is 5.68. The van der Waals surface area contributed by atoms with E-state index in [1.54, 1.807) is 27.7 Å². The molecule has 0 saturated carbocycles. The molecule has 0 bridgehead atoms. The maximum atomic E-state index is 12.5. The molecular weight excluding hydrogens is 340 g/mol. The van der Waals surface area contributed by atoms with E-state index in [1.165, 1.54) is 13.2 Å². The molecule has 26 heavy (non-hydrogen) atoms. The fourth-order valence-electron chi connectivity index (χ4n) is 1.93. The number of allylic oxidation sites excluding steroid dienone is 1. The number of hydrogen-bond acceptors (Lipinski definition) is 7. The first kappa shape index (κ1) is 23.3. The molecule has 0 aromatic carbocycles. The van der Waals surface area contributed by atoms with Gasteiger partial charge in [0.15, 0.2) is 11.0 Å². The van der Waals surface area contributed by atoms with Gasteiger partial charge in [-0.1, -0.05) is 18.4 Å². The average molecular weight is 366 g/mol. The van der Waals surface area contributed by atoms with Crippen molar-refractivity contribution in [1.29, 1.82) is 0 Å².